The molecule has 4 nitrogen and oxygen atoms in total. The molecule has 0 radical (unpaired) electrons. The van der Waals surface area contributed by atoms with Crippen LogP contribution in [0, 0.1) is 0 Å². The third kappa shape index (κ3) is 3.58. The van der Waals surface area contributed by atoms with Crippen molar-refractivity contribution >= 4 is 11.7 Å². The van der Waals surface area contributed by atoms with Crippen LogP contribution in [0.2, 0.25) is 0 Å². The lowest BCUT2D eigenvalue weighted by atomic mass is 9.94. The van der Waals surface area contributed by atoms with Gasteiger partial charge in [-0.1, -0.05) is 32.6 Å². The van der Waals surface area contributed by atoms with E-state index < -0.39 is 0 Å². The molecular formula is C15H25N3O. The van der Waals surface area contributed by atoms with Crippen molar-refractivity contribution < 1.29 is 4.79 Å². The Bertz CT molecular complexity index is 407. The second-order valence-electron chi connectivity index (χ2n) is 5.51. The fourth-order valence-electron chi connectivity index (χ4n) is 2.84. The standard InChI is InChI=1S/C15H25N3O/c1-3-4-10-15(19)18(13-8-6-5-7-9-13)14-11-12-17(2)16-14/h11-13H,3-10H2,1-2H3. The molecule has 1 aliphatic carbocycles. The molecule has 2 rings (SSSR count). The summed E-state index contributed by atoms with van der Waals surface area (Å²) in [4.78, 5) is 14.5. The fourth-order valence-corrected chi connectivity index (χ4v) is 2.84. The number of carbonyl (C=O) groups is 1. The van der Waals surface area contributed by atoms with Gasteiger partial charge < -0.3 is 0 Å². The molecule has 0 atom stereocenters. The maximum absolute atomic E-state index is 12.5. The van der Waals surface area contributed by atoms with Gasteiger partial charge in [0.2, 0.25) is 5.91 Å². The minimum absolute atomic E-state index is 0.243. The van der Waals surface area contributed by atoms with Crippen LogP contribution in [0.15, 0.2) is 12.3 Å². The number of unbranched alkanes of at least 4 members (excludes halogenated alkanes) is 1. The van der Waals surface area contributed by atoms with Crippen molar-refractivity contribution in [3.05, 3.63) is 12.3 Å². The summed E-state index contributed by atoms with van der Waals surface area (Å²) in [6.45, 7) is 2.12. The molecule has 1 saturated carbocycles. The van der Waals surface area contributed by atoms with Crippen molar-refractivity contribution in [2.45, 2.75) is 64.3 Å². The van der Waals surface area contributed by atoms with Gasteiger partial charge in [0.05, 0.1) is 0 Å². The molecule has 0 aliphatic heterocycles. The van der Waals surface area contributed by atoms with Crippen LogP contribution in [0.5, 0.6) is 0 Å². The van der Waals surface area contributed by atoms with Crippen LogP contribution in [0.1, 0.15) is 58.3 Å². The topological polar surface area (TPSA) is 38.1 Å². The van der Waals surface area contributed by atoms with E-state index in [4.69, 9.17) is 0 Å². The van der Waals surface area contributed by atoms with E-state index in [0.29, 0.717) is 12.5 Å². The average molecular weight is 263 g/mol. The summed E-state index contributed by atoms with van der Waals surface area (Å²) < 4.78 is 1.78. The molecule has 1 heterocycles. The van der Waals surface area contributed by atoms with Crippen molar-refractivity contribution in [3.8, 4) is 0 Å². The highest BCUT2D eigenvalue weighted by Crippen LogP contribution is 2.27. The molecule has 0 unspecified atom stereocenters. The zero-order valence-electron chi connectivity index (χ0n) is 12.1. The van der Waals surface area contributed by atoms with Gasteiger partial charge in [-0.05, 0) is 19.3 Å². The maximum Gasteiger partial charge on any atom is 0.228 e. The molecule has 0 aromatic carbocycles. The lowest BCUT2D eigenvalue weighted by Gasteiger charge is -2.33. The fraction of sp³-hybridized carbons (Fsp3) is 0.733. The van der Waals surface area contributed by atoms with Gasteiger partial charge in [0.1, 0.15) is 0 Å². The first-order valence-electron chi connectivity index (χ1n) is 7.54. The normalized spacial score (nSPS) is 16.5. The average Bonchev–Trinajstić information content (AvgIpc) is 2.84. The van der Waals surface area contributed by atoms with E-state index in [1.165, 1.54) is 19.3 Å². The number of aromatic nitrogens is 2. The van der Waals surface area contributed by atoms with Crippen molar-refractivity contribution in [1.29, 1.82) is 0 Å². The van der Waals surface area contributed by atoms with Crippen LogP contribution in [0.25, 0.3) is 0 Å². The number of amides is 1. The quantitative estimate of drug-likeness (QED) is 0.817. The third-order valence-electron chi connectivity index (χ3n) is 3.90. The lowest BCUT2D eigenvalue weighted by Crippen LogP contribution is -2.42. The minimum Gasteiger partial charge on any atom is -0.292 e. The second kappa shape index (κ2) is 6.73. The molecule has 0 bridgehead atoms. The van der Waals surface area contributed by atoms with Crippen molar-refractivity contribution in [1.82, 2.24) is 9.78 Å². The highest BCUT2D eigenvalue weighted by molar-refractivity contribution is 5.92. The Morgan fingerprint density at radius 2 is 2.16 bits per heavy atom. The van der Waals surface area contributed by atoms with Gasteiger partial charge in [-0.3, -0.25) is 14.4 Å². The number of rotatable bonds is 5. The highest BCUT2D eigenvalue weighted by Gasteiger charge is 2.27. The Morgan fingerprint density at radius 3 is 2.74 bits per heavy atom. The van der Waals surface area contributed by atoms with Gasteiger partial charge >= 0.3 is 0 Å². The van der Waals surface area contributed by atoms with E-state index in [2.05, 4.69) is 12.0 Å². The predicted molar refractivity (Wildman–Crippen MR) is 77.1 cm³/mol. The van der Waals surface area contributed by atoms with Crippen LogP contribution in [-0.2, 0) is 11.8 Å². The number of hydrogen-bond donors (Lipinski definition) is 0. The highest BCUT2D eigenvalue weighted by atomic mass is 16.2. The van der Waals surface area contributed by atoms with Crippen LogP contribution in [-0.4, -0.2) is 21.7 Å². The summed E-state index contributed by atoms with van der Waals surface area (Å²) in [5.41, 5.74) is 0. The summed E-state index contributed by atoms with van der Waals surface area (Å²) >= 11 is 0. The van der Waals surface area contributed by atoms with E-state index in [0.717, 1.165) is 31.5 Å². The molecule has 0 saturated heterocycles. The van der Waals surface area contributed by atoms with Gasteiger partial charge in [-0.15, -0.1) is 0 Å². The first-order valence-corrected chi connectivity index (χ1v) is 7.54. The summed E-state index contributed by atoms with van der Waals surface area (Å²) in [5, 5.41) is 4.44. The van der Waals surface area contributed by atoms with Gasteiger partial charge in [0.25, 0.3) is 0 Å². The Kier molecular flexibility index (Phi) is 5.00. The van der Waals surface area contributed by atoms with Crippen LogP contribution in [0.4, 0.5) is 5.82 Å². The molecule has 0 N–H and O–H groups in total. The largest absolute Gasteiger partial charge is 0.292 e. The molecule has 4 heteroatoms. The number of anilines is 1. The molecule has 1 amide bonds. The van der Waals surface area contributed by atoms with E-state index >= 15 is 0 Å². The predicted octanol–water partition coefficient (Wildman–Crippen LogP) is 3.28. The summed E-state index contributed by atoms with van der Waals surface area (Å²) in [7, 11) is 1.90. The van der Waals surface area contributed by atoms with E-state index in [-0.39, 0.29) is 5.91 Å². The Balaban J connectivity index is 2.14. The molecule has 1 aromatic rings. The molecule has 1 aliphatic rings. The molecule has 1 fully saturated rings. The monoisotopic (exact) mass is 263 g/mol. The minimum atomic E-state index is 0.243. The SMILES string of the molecule is CCCCC(=O)N(c1ccn(C)n1)C1CCCCC1. The van der Waals surface area contributed by atoms with Crippen molar-refractivity contribution in [2.75, 3.05) is 4.90 Å². The Morgan fingerprint density at radius 1 is 1.42 bits per heavy atom. The van der Waals surface area contributed by atoms with Crippen molar-refractivity contribution in [2.24, 2.45) is 7.05 Å². The number of nitrogens with zero attached hydrogens (tertiary/aromatic N) is 3. The van der Waals surface area contributed by atoms with Gasteiger partial charge in [-0.25, -0.2) is 0 Å². The van der Waals surface area contributed by atoms with Gasteiger partial charge in [0, 0.05) is 31.8 Å². The van der Waals surface area contributed by atoms with E-state index in [9.17, 15) is 4.79 Å². The first kappa shape index (κ1) is 14.1. The van der Waals surface area contributed by atoms with Crippen LogP contribution >= 0.6 is 0 Å². The zero-order chi connectivity index (χ0) is 13.7. The first-order chi connectivity index (χ1) is 9.22. The summed E-state index contributed by atoms with van der Waals surface area (Å²) in [6, 6.07) is 2.31. The smallest absolute Gasteiger partial charge is 0.228 e. The Hall–Kier alpha value is -1.32. The molecule has 0 spiro atoms. The second-order valence-corrected chi connectivity index (χ2v) is 5.51. The molecule has 1 aromatic heterocycles. The van der Waals surface area contributed by atoms with Gasteiger partial charge in [0.15, 0.2) is 5.82 Å². The molecular weight excluding hydrogens is 238 g/mol. The number of aryl methyl sites for hydroxylation is 1. The van der Waals surface area contributed by atoms with Crippen LogP contribution in [0.3, 0.4) is 0 Å². The molecule has 106 valence electrons. The lowest BCUT2D eigenvalue weighted by molar-refractivity contribution is -0.119. The summed E-state index contributed by atoms with van der Waals surface area (Å²) in [6.07, 6.45) is 10.6. The number of carbonyl (C=O) groups excluding carboxylic acids is 1. The van der Waals surface area contributed by atoms with Crippen molar-refractivity contribution in [3.63, 3.8) is 0 Å². The van der Waals surface area contributed by atoms with E-state index in [1.807, 2.05) is 24.2 Å². The van der Waals surface area contributed by atoms with Crippen LogP contribution < -0.4 is 4.90 Å². The summed E-state index contributed by atoms with van der Waals surface area (Å²) in [5.74, 6) is 1.07. The number of hydrogen-bond acceptors (Lipinski definition) is 2. The molecule has 19 heavy (non-hydrogen) atoms. The Labute approximate surface area is 115 Å². The van der Waals surface area contributed by atoms with Gasteiger partial charge in [-0.2, -0.15) is 5.10 Å². The third-order valence-corrected chi connectivity index (χ3v) is 3.90. The van der Waals surface area contributed by atoms with E-state index in [1.54, 1.807) is 4.68 Å². The zero-order valence-corrected chi connectivity index (χ0v) is 12.1. The maximum atomic E-state index is 12.5.